The van der Waals surface area contributed by atoms with Gasteiger partial charge in [-0.15, -0.1) is 10.2 Å². The minimum absolute atomic E-state index is 0.0773. The second kappa shape index (κ2) is 9.23. The maximum Gasteiger partial charge on any atom is 0.257 e. The van der Waals surface area contributed by atoms with Crippen LogP contribution >= 0.6 is 0 Å². The quantitative estimate of drug-likeness (QED) is 0.580. The molecule has 3 N–H and O–H groups in total. The van der Waals surface area contributed by atoms with Crippen molar-refractivity contribution in [3.05, 3.63) is 30.1 Å². The summed E-state index contributed by atoms with van der Waals surface area (Å²) in [5, 5.41) is 19.0. The minimum atomic E-state index is -0.217. The van der Waals surface area contributed by atoms with Crippen LogP contribution in [0.1, 0.15) is 25.6 Å². The molecule has 0 radical (unpaired) electrons. The van der Waals surface area contributed by atoms with Gasteiger partial charge < -0.3 is 15.4 Å². The molecule has 0 saturated heterocycles. The molecule has 0 bridgehead atoms. The molecule has 1 aromatic carbocycles. The van der Waals surface area contributed by atoms with Gasteiger partial charge in [0.25, 0.3) is 5.91 Å². The Hall–Kier alpha value is -2.97. The highest BCUT2D eigenvalue weighted by Gasteiger charge is 2.05. The fraction of sp³-hybridized carbons (Fsp3) is 0.400. The van der Waals surface area contributed by atoms with Crippen molar-refractivity contribution >= 4 is 17.5 Å². The van der Waals surface area contributed by atoms with Gasteiger partial charge in [-0.05, 0) is 18.6 Å². The van der Waals surface area contributed by atoms with Crippen LogP contribution in [0.3, 0.4) is 0 Å². The largest absolute Gasteiger partial charge is 0.484 e. The number of nitrogens with zero attached hydrogens (tertiary/aromatic N) is 3. The van der Waals surface area contributed by atoms with E-state index in [-0.39, 0.29) is 18.4 Å². The number of nitrogens with one attached hydrogen (secondary N) is 3. The Morgan fingerprint density at radius 1 is 1.29 bits per heavy atom. The summed E-state index contributed by atoms with van der Waals surface area (Å²) in [6, 6.07) is 6.92. The molecule has 128 valence electrons. The lowest BCUT2D eigenvalue weighted by molar-refractivity contribution is -0.123. The number of aryl methyl sites for hydroxylation is 1. The van der Waals surface area contributed by atoms with Crippen molar-refractivity contribution in [3.8, 4) is 5.75 Å². The second-order valence-corrected chi connectivity index (χ2v) is 5.00. The summed E-state index contributed by atoms with van der Waals surface area (Å²) in [6.07, 6.45) is 1.75. The van der Waals surface area contributed by atoms with E-state index in [0.29, 0.717) is 43.1 Å². The average molecular weight is 332 g/mol. The Kier molecular flexibility index (Phi) is 6.69. The van der Waals surface area contributed by atoms with E-state index < -0.39 is 0 Å². The first kappa shape index (κ1) is 17.4. The van der Waals surface area contributed by atoms with E-state index in [0.717, 1.165) is 0 Å². The van der Waals surface area contributed by atoms with Gasteiger partial charge in [0, 0.05) is 31.1 Å². The number of amides is 2. The summed E-state index contributed by atoms with van der Waals surface area (Å²) >= 11 is 0. The molecule has 0 atom stereocenters. The van der Waals surface area contributed by atoms with Gasteiger partial charge >= 0.3 is 0 Å². The van der Waals surface area contributed by atoms with Crippen molar-refractivity contribution in [3.63, 3.8) is 0 Å². The number of benzene rings is 1. The van der Waals surface area contributed by atoms with Crippen LogP contribution in [0.5, 0.6) is 5.75 Å². The van der Waals surface area contributed by atoms with Gasteiger partial charge in [0.2, 0.25) is 5.91 Å². The van der Waals surface area contributed by atoms with Crippen LogP contribution < -0.4 is 15.4 Å². The lowest BCUT2D eigenvalue weighted by atomic mass is 10.3. The number of hydrogen-bond acceptors (Lipinski definition) is 6. The third-order valence-electron chi connectivity index (χ3n) is 3.10. The van der Waals surface area contributed by atoms with E-state index in [9.17, 15) is 9.59 Å². The number of aromatic amines is 1. The maximum atomic E-state index is 11.7. The molecule has 9 heteroatoms. The van der Waals surface area contributed by atoms with Crippen LogP contribution in [-0.4, -0.2) is 45.6 Å². The standard InChI is InChI=1S/C15H20N6O3/c1-2-14(22)17-11-5-3-6-12(9-11)24-10-15(23)16-8-4-7-13-18-20-21-19-13/h3,5-6,9H,2,4,7-8,10H2,1H3,(H,16,23)(H,17,22)(H,18,19,20,21). The van der Waals surface area contributed by atoms with Crippen LogP contribution in [0.2, 0.25) is 0 Å². The SMILES string of the molecule is CCC(=O)Nc1cccc(OCC(=O)NCCCc2nn[nH]n2)c1. The molecule has 0 spiro atoms. The first-order chi connectivity index (χ1) is 11.7. The summed E-state index contributed by atoms with van der Waals surface area (Å²) in [6.45, 7) is 2.19. The third-order valence-corrected chi connectivity index (χ3v) is 3.10. The van der Waals surface area contributed by atoms with Crippen molar-refractivity contribution in [1.29, 1.82) is 0 Å². The van der Waals surface area contributed by atoms with Crippen molar-refractivity contribution in [1.82, 2.24) is 25.9 Å². The molecule has 2 aromatic rings. The number of carbonyl (C=O) groups is 2. The molecule has 1 aromatic heterocycles. The zero-order chi connectivity index (χ0) is 17.2. The molecular weight excluding hydrogens is 312 g/mol. The maximum absolute atomic E-state index is 11.7. The zero-order valence-corrected chi connectivity index (χ0v) is 13.4. The Morgan fingerprint density at radius 3 is 2.92 bits per heavy atom. The monoisotopic (exact) mass is 332 g/mol. The van der Waals surface area contributed by atoms with Gasteiger partial charge in [-0.1, -0.05) is 18.2 Å². The highest BCUT2D eigenvalue weighted by atomic mass is 16.5. The summed E-state index contributed by atoms with van der Waals surface area (Å²) in [4.78, 5) is 23.1. The fourth-order valence-corrected chi connectivity index (χ4v) is 1.88. The lowest BCUT2D eigenvalue weighted by Gasteiger charge is -2.09. The molecule has 2 rings (SSSR count). The summed E-state index contributed by atoms with van der Waals surface area (Å²) in [5.74, 6) is 0.842. The van der Waals surface area contributed by atoms with Gasteiger partial charge in [-0.25, -0.2) is 0 Å². The van der Waals surface area contributed by atoms with Crippen LogP contribution in [0.15, 0.2) is 24.3 Å². The Labute approximate surface area is 139 Å². The molecule has 0 aliphatic heterocycles. The van der Waals surface area contributed by atoms with E-state index in [1.165, 1.54) is 0 Å². The van der Waals surface area contributed by atoms with Crippen LogP contribution in [0.25, 0.3) is 0 Å². The van der Waals surface area contributed by atoms with Gasteiger partial charge in [-0.2, -0.15) is 5.21 Å². The van der Waals surface area contributed by atoms with Crippen LogP contribution in [0.4, 0.5) is 5.69 Å². The number of tetrazole rings is 1. The highest BCUT2D eigenvalue weighted by molar-refractivity contribution is 5.90. The van der Waals surface area contributed by atoms with Gasteiger partial charge in [-0.3, -0.25) is 9.59 Å². The van der Waals surface area contributed by atoms with E-state index >= 15 is 0 Å². The molecule has 1 heterocycles. The Morgan fingerprint density at radius 2 is 2.17 bits per heavy atom. The van der Waals surface area contributed by atoms with Crippen LogP contribution in [-0.2, 0) is 16.0 Å². The molecule has 24 heavy (non-hydrogen) atoms. The number of hydrogen-bond donors (Lipinski definition) is 3. The fourth-order valence-electron chi connectivity index (χ4n) is 1.88. The molecule has 0 aliphatic carbocycles. The van der Waals surface area contributed by atoms with Gasteiger partial charge in [0.15, 0.2) is 12.4 Å². The van der Waals surface area contributed by atoms with Crippen molar-refractivity contribution < 1.29 is 14.3 Å². The predicted molar refractivity (Wildman–Crippen MR) is 86.4 cm³/mol. The molecule has 9 nitrogen and oxygen atoms in total. The first-order valence-corrected chi connectivity index (χ1v) is 7.69. The molecule has 0 unspecified atom stereocenters. The molecule has 0 saturated carbocycles. The minimum Gasteiger partial charge on any atom is -0.484 e. The Balaban J connectivity index is 1.67. The van der Waals surface area contributed by atoms with E-state index in [2.05, 4.69) is 31.3 Å². The lowest BCUT2D eigenvalue weighted by Crippen LogP contribution is -2.30. The number of rotatable bonds is 9. The van der Waals surface area contributed by atoms with E-state index in [4.69, 9.17) is 4.74 Å². The number of ether oxygens (including phenoxy) is 1. The zero-order valence-electron chi connectivity index (χ0n) is 13.4. The van der Waals surface area contributed by atoms with Crippen LogP contribution in [0, 0.1) is 0 Å². The normalized spacial score (nSPS) is 10.2. The molecule has 2 amide bonds. The molecule has 0 aliphatic rings. The molecule has 0 fully saturated rings. The number of carbonyl (C=O) groups excluding carboxylic acids is 2. The highest BCUT2D eigenvalue weighted by Crippen LogP contribution is 2.17. The number of H-pyrrole nitrogens is 1. The first-order valence-electron chi connectivity index (χ1n) is 7.69. The van der Waals surface area contributed by atoms with E-state index in [1.54, 1.807) is 31.2 Å². The predicted octanol–water partition coefficient (Wildman–Crippen LogP) is 0.676. The van der Waals surface area contributed by atoms with Crippen molar-refractivity contribution in [2.24, 2.45) is 0 Å². The van der Waals surface area contributed by atoms with Crippen molar-refractivity contribution in [2.75, 3.05) is 18.5 Å². The van der Waals surface area contributed by atoms with Crippen molar-refractivity contribution in [2.45, 2.75) is 26.2 Å². The number of aromatic nitrogens is 4. The summed E-state index contributed by atoms with van der Waals surface area (Å²) < 4.78 is 5.42. The van der Waals surface area contributed by atoms with E-state index in [1.807, 2.05) is 0 Å². The third kappa shape index (κ3) is 6.03. The average Bonchev–Trinajstić information content (AvgIpc) is 3.10. The summed E-state index contributed by atoms with van der Waals surface area (Å²) in [5.41, 5.74) is 0.639. The Bertz CT molecular complexity index is 659. The topological polar surface area (TPSA) is 122 Å². The van der Waals surface area contributed by atoms with Gasteiger partial charge in [0.1, 0.15) is 5.75 Å². The molecular formula is C15H20N6O3. The summed E-state index contributed by atoms with van der Waals surface area (Å²) in [7, 11) is 0. The van der Waals surface area contributed by atoms with Gasteiger partial charge in [0.05, 0.1) is 0 Å². The number of anilines is 1. The smallest absolute Gasteiger partial charge is 0.257 e. The second-order valence-electron chi connectivity index (χ2n) is 5.00.